The average molecular weight is 318 g/mol. The molecule has 2 rings (SSSR count). The highest BCUT2D eigenvalue weighted by atomic mass is 16.5. The van der Waals surface area contributed by atoms with E-state index in [1.54, 1.807) is 7.05 Å². The van der Waals surface area contributed by atoms with Crippen LogP contribution in [-0.4, -0.2) is 63.7 Å². The highest BCUT2D eigenvalue weighted by Crippen LogP contribution is 2.15. The molecule has 1 atom stereocenters. The lowest BCUT2D eigenvalue weighted by molar-refractivity contribution is -0.144. The van der Waals surface area contributed by atoms with Gasteiger partial charge in [-0.25, -0.2) is 0 Å². The van der Waals surface area contributed by atoms with Crippen LogP contribution in [0.4, 0.5) is 5.69 Å². The molecular weight excluding hydrogens is 292 g/mol. The molecule has 1 aliphatic heterocycles. The Morgan fingerprint density at radius 1 is 1.26 bits per heavy atom. The van der Waals surface area contributed by atoms with E-state index < -0.39 is 0 Å². The summed E-state index contributed by atoms with van der Waals surface area (Å²) in [5.41, 5.74) is 1.26. The zero-order valence-electron chi connectivity index (χ0n) is 14.2. The number of ether oxygens (including phenoxy) is 1. The number of hydrogen-bond donors (Lipinski definition) is 1. The summed E-state index contributed by atoms with van der Waals surface area (Å²) in [6.07, 6.45) is 0. The van der Waals surface area contributed by atoms with E-state index in [-0.39, 0.29) is 11.9 Å². The summed E-state index contributed by atoms with van der Waals surface area (Å²) >= 11 is 0. The molecule has 126 valence electrons. The maximum atomic E-state index is 11.5. The standard InChI is InChI=1S/C17H26N4O2/c1-14(16(22)23-3)13-19-17(18-2)21-11-9-20(10-12-21)15-7-5-4-6-8-15/h4-8,14H,9-13H2,1-3H3,(H,18,19). The number of esters is 1. The number of methoxy groups -OCH3 is 1. The van der Waals surface area contributed by atoms with Gasteiger partial charge in [-0.05, 0) is 12.1 Å². The van der Waals surface area contributed by atoms with Crippen LogP contribution in [0.25, 0.3) is 0 Å². The van der Waals surface area contributed by atoms with Crippen LogP contribution in [0, 0.1) is 5.92 Å². The van der Waals surface area contributed by atoms with Crippen molar-refractivity contribution in [2.75, 3.05) is 51.8 Å². The fourth-order valence-electron chi connectivity index (χ4n) is 2.68. The molecule has 0 radical (unpaired) electrons. The molecule has 0 amide bonds. The van der Waals surface area contributed by atoms with E-state index in [2.05, 4.69) is 44.4 Å². The van der Waals surface area contributed by atoms with Gasteiger partial charge in [0.15, 0.2) is 5.96 Å². The third-order valence-electron chi connectivity index (χ3n) is 4.08. The molecule has 1 N–H and O–H groups in total. The van der Waals surface area contributed by atoms with Gasteiger partial charge < -0.3 is 19.9 Å². The molecule has 0 saturated carbocycles. The van der Waals surface area contributed by atoms with E-state index >= 15 is 0 Å². The summed E-state index contributed by atoms with van der Waals surface area (Å²) in [6, 6.07) is 10.4. The van der Waals surface area contributed by atoms with Gasteiger partial charge in [0, 0.05) is 45.5 Å². The van der Waals surface area contributed by atoms with Crippen molar-refractivity contribution in [2.45, 2.75) is 6.92 Å². The van der Waals surface area contributed by atoms with Gasteiger partial charge in [0.25, 0.3) is 0 Å². The number of carbonyl (C=O) groups is 1. The normalized spacial score (nSPS) is 16.9. The van der Waals surface area contributed by atoms with E-state index in [4.69, 9.17) is 4.74 Å². The van der Waals surface area contributed by atoms with Crippen LogP contribution >= 0.6 is 0 Å². The van der Waals surface area contributed by atoms with E-state index in [0.717, 1.165) is 32.1 Å². The Bertz CT molecular complexity index is 525. The van der Waals surface area contributed by atoms with E-state index in [0.29, 0.717) is 6.54 Å². The zero-order valence-corrected chi connectivity index (χ0v) is 14.2. The van der Waals surface area contributed by atoms with Gasteiger partial charge in [-0.1, -0.05) is 25.1 Å². The average Bonchev–Trinajstić information content (AvgIpc) is 2.62. The van der Waals surface area contributed by atoms with Crippen molar-refractivity contribution in [2.24, 2.45) is 10.9 Å². The molecule has 1 fully saturated rings. The van der Waals surface area contributed by atoms with Crippen molar-refractivity contribution in [1.82, 2.24) is 10.2 Å². The van der Waals surface area contributed by atoms with Gasteiger partial charge in [-0.3, -0.25) is 9.79 Å². The number of benzene rings is 1. The molecule has 1 heterocycles. The molecule has 1 aromatic carbocycles. The first-order valence-corrected chi connectivity index (χ1v) is 7.99. The Morgan fingerprint density at radius 3 is 2.48 bits per heavy atom. The molecule has 1 aliphatic rings. The van der Waals surface area contributed by atoms with Crippen LogP contribution in [0.3, 0.4) is 0 Å². The number of hydrogen-bond acceptors (Lipinski definition) is 4. The number of anilines is 1. The summed E-state index contributed by atoms with van der Waals surface area (Å²) in [6.45, 7) is 6.09. The minimum atomic E-state index is -0.207. The lowest BCUT2D eigenvalue weighted by Gasteiger charge is -2.37. The second kappa shape index (κ2) is 8.41. The summed E-state index contributed by atoms with van der Waals surface area (Å²) < 4.78 is 4.75. The second-order valence-corrected chi connectivity index (χ2v) is 5.66. The third kappa shape index (κ3) is 4.61. The summed E-state index contributed by atoms with van der Waals surface area (Å²) in [5.74, 6) is 0.442. The quantitative estimate of drug-likeness (QED) is 0.513. The first-order valence-electron chi connectivity index (χ1n) is 7.99. The highest BCUT2D eigenvalue weighted by molar-refractivity contribution is 5.81. The predicted octanol–water partition coefficient (Wildman–Crippen LogP) is 1.19. The fourth-order valence-corrected chi connectivity index (χ4v) is 2.68. The van der Waals surface area contributed by atoms with Gasteiger partial charge in [0.1, 0.15) is 0 Å². The fraction of sp³-hybridized carbons (Fsp3) is 0.529. The van der Waals surface area contributed by atoms with E-state index in [1.807, 2.05) is 13.0 Å². The van der Waals surface area contributed by atoms with Gasteiger partial charge in [0.2, 0.25) is 0 Å². The van der Waals surface area contributed by atoms with Crippen LogP contribution in [0.15, 0.2) is 35.3 Å². The number of piperazine rings is 1. The van der Waals surface area contributed by atoms with Gasteiger partial charge in [-0.15, -0.1) is 0 Å². The molecule has 0 spiro atoms. The van der Waals surface area contributed by atoms with Crippen molar-refractivity contribution in [3.63, 3.8) is 0 Å². The smallest absolute Gasteiger partial charge is 0.310 e. The number of para-hydroxylation sites is 1. The molecule has 0 bridgehead atoms. The Balaban J connectivity index is 1.84. The van der Waals surface area contributed by atoms with Crippen LogP contribution in [0.5, 0.6) is 0 Å². The number of nitrogens with zero attached hydrogens (tertiary/aromatic N) is 3. The van der Waals surface area contributed by atoms with Crippen molar-refractivity contribution >= 4 is 17.6 Å². The number of aliphatic imine (C=N–C) groups is 1. The second-order valence-electron chi connectivity index (χ2n) is 5.66. The SMILES string of the molecule is CN=C(NCC(C)C(=O)OC)N1CCN(c2ccccc2)CC1. The minimum Gasteiger partial charge on any atom is -0.469 e. The number of rotatable bonds is 4. The molecule has 6 heteroatoms. The Labute approximate surface area is 138 Å². The van der Waals surface area contributed by atoms with Crippen LogP contribution in [-0.2, 0) is 9.53 Å². The van der Waals surface area contributed by atoms with Crippen molar-refractivity contribution in [1.29, 1.82) is 0 Å². The molecule has 6 nitrogen and oxygen atoms in total. The number of carbonyl (C=O) groups excluding carboxylic acids is 1. The lowest BCUT2D eigenvalue weighted by atomic mass is 10.2. The molecule has 1 unspecified atom stereocenters. The topological polar surface area (TPSA) is 57.2 Å². The van der Waals surface area contributed by atoms with Crippen LogP contribution < -0.4 is 10.2 Å². The first-order chi connectivity index (χ1) is 11.2. The molecule has 1 saturated heterocycles. The molecule has 23 heavy (non-hydrogen) atoms. The van der Waals surface area contributed by atoms with Gasteiger partial charge >= 0.3 is 5.97 Å². The number of nitrogens with one attached hydrogen (secondary N) is 1. The monoisotopic (exact) mass is 318 g/mol. The summed E-state index contributed by atoms with van der Waals surface area (Å²) in [5, 5.41) is 3.27. The lowest BCUT2D eigenvalue weighted by Crippen LogP contribution is -2.53. The van der Waals surface area contributed by atoms with Gasteiger partial charge in [0.05, 0.1) is 13.0 Å². The van der Waals surface area contributed by atoms with Crippen molar-refractivity contribution in [3.8, 4) is 0 Å². The zero-order chi connectivity index (χ0) is 16.7. The van der Waals surface area contributed by atoms with Crippen LogP contribution in [0.1, 0.15) is 6.92 Å². The molecule has 0 aromatic heterocycles. The Morgan fingerprint density at radius 2 is 1.91 bits per heavy atom. The summed E-state index contributed by atoms with van der Waals surface area (Å²) in [4.78, 5) is 20.4. The van der Waals surface area contributed by atoms with E-state index in [1.165, 1.54) is 12.8 Å². The predicted molar refractivity (Wildman–Crippen MR) is 92.8 cm³/mol. The molecule has 0 aliphatic carbocycles. The highest BCUT2D eigenvalue weighted by Gasteiger charge is 2.21. The Hall–Kier alpha value is -2.24. The van der Waals surface area contributed by atoms with Crippen LogP contribution in [0.2, 0.25) is 0 Å². The maximum Gasteiger partial charge on any atom is 0.310 e. The van der Waals surface area contributed by atoms with Gasteiger partial charge in [-0.2, -0.15) is 0 Å². The van der Waals surface area contributed by atoms with Crippen molar-refractivity contribution in [3.05, 3.63) is 30.3 Å². The maximum absolute atomic E-state index is 11.5. The largest absolute Gasteiger partial charge is 0.469 e. The third-order valence-corrected chi connectivity index (χ3v) is 4.08. The Kier molecular flexibility index (Phi) is 6.26. The first kappa shape index (κ1) is 17.1. The summed E-state index contributed by atoms with van der Waals surface area (Å²) in [7, 11) is 3.19. The molecule has 1 aromatic rings. The number of guanidine groups is 1. The molecular formula is C17H26N4O2. The minimum absolute atomic E-state index is 0.192. The van der Waals surface area contributed by atoms with E-state index in [9.17, 15) is 4.79 Å². The van der Waals surface area contributed by atoms with Crippen molar-refractivity contribution < 1.29 is 9.53 Å².